The van der Waals surface area contributed by atoms with Crippen LogP contribution in [0, 0.1) is 11.8 Å². The standard InChI is InChI=1S/C18H27N7O/c26-13-16-2-1-6-24(11-16)18-10-17(19-14-20-18)23-7-3-15(4-8-23)12-25-9-5-21-22-25/h5,9-10,14-16,26H,1-4,6-8,11-13H2. The van der Waals surface area contributed by atoms with Crippen LogP contribution in [0.2, 0.25) is 0 Å². The molecule has 1 N–H and O–H groups in total. The van der Waals surface area contributed by atoms with E-state index in [9.17, 15) is 5.11 Å². The summed E-state index contributed by atoms with van der Waals surface area (Å²) >= 11 is 0. The van der Waals surface area contributed by atoms with Gasteiger partial charge in [0, 0.05) is 51.6 Å². The molecular weight excluding hydrogens is 330 g/mol. The summed E-state index contributed by atoms with van der Waals surface area (Å²) in [7, 11) is 0. The SMILES string of the molecule is OCC1CCCN(c2cc(N3CCC(Cn4ccnn4)CC3)ncn2)C1. The van der Waals surface area contributed by atoms with Crippen molar-refractivity contribution in [1.82, 2.24) is 25.0 Å². The van der Waals surface area contributed by atoms with E-state index >= 15 is 0 Å². The van der Waals surface area contributed by atoms with Crippen molar-refractivity contribution in [2.75, 3.05) is 42.6 Å². The molecule has 8 nitrogen and oxygen atoms in total. The van der Waals surface area contributed by atoms with Gasteiger partial charge in [-0.2, -0.15) is 0 Å². The number of aromatic nitrogens is 5. The number of aliphatic hydroxyl groups excluding tert-OH is 1. The Bertz CT molecular complexity index is 685. The predicted octanol–water partition coefficient (Wildman–Crippen LogP) is 1.19. The molecule has 0 spiro atoms. The lowest BCUT2D eigenvalue weighted by Crippen LogP contribution is -2.38. The van der Waals surface area contributed by atoms with E-state index in [1.165, 1.54) is 0 Å². The van der Waals surface area contributed by atoms with Gasteiger partial charge in [-0.05, 0) is 37.5 Å². The second-order valence-electron chi connectivity index (χ2n) is 7.43. The zero-order valence-corrected chi connectivity index (χ0v) is 15.1. The molecule has 2 aromatic heterocycles. The number of hydrogen-bond acceptors (Lipinski definition) is 7. The molecule has 0 amide bonds. The highest BCUT2D eigenvalue weighted by molar-refractivity contribution is 5.50. The molecule has 2 aliphatic heterocycles. The number of rotatable bonds is 5. The van der Waals surface area contributed by atoms with Crippen LogP contribution in [0.4, 0.5) is 11.6 Å². The van der Waals surface area contributed by atoms with E-state index in [1.54, 1.807) is 12.5 Å². The van der Waals surface area contributed by atoms with E-state index in [4.69, 9.17) is 0 Å². The highest BCUT2D eigenvalue weighted by atomic mass is 16.3. The maximum absolute atomic E-state index is 9.45. The van der Waals surface area contributed by atoms with Gasteiger partial charge in [-0.25, -0.2) is 9.97 Å². The Kier molecular flexibility index (Phi) is 5.29. The molecule has 4 heterocycles. The first kappa shape index (κ1) is 17.2. The smallest absolute Gasteiger partial charge is 0.134 e. The summed E-state index contributed by atoms with van der Waals surface area (Å²) in [5.74, 6) is 2.99. The fourth-order valence-electron chi connectivity index (χ4n) is 4.04. The van der Waals surface area contributed by atoms with Gasteiger partial charge in [-0.15, -0.1) is 5.10 Å². The average Bonchev–Trinajstić information content (AvgIpc) is 3.22. The summed E-state index contributed by atoms with van der Waals surface area (Å²) in [4.78, 5) is 13.6. The molecule has 1 atom stereocenters. The van der Waals surface area contributed by atoms with E-state index < -0.39 is 0 Å². The van der Waals surface area contributed by atoms with E-state index in [0.717, 1.165) is 70.0 Å². The Balaban J connectivity index is 1.36. The largest absolute Gasteiger partial charge is 0.396 e. The Labute approximate surface area is 153 Å². The topological polar surface area (TPSA) is 83.2 Å². The molecule has 0 aliphatic carbocycles. The molecule has 8 heteroatoms. The molecule has 2 aliphatic rings. The van der Waals surface area contributed by atoms with Gasteiger partial charge in [0.25, 0.3) is 0 Å². The minimum Gasteiger partial charge on any atom is -0.396 e. The van der Waals surface area contributed by atoms with Crippen LogP contribution < -0.4 is 9.80 Å². The molecule has 2 aromatic rings. The molecule has 0 bridgehead atoms. The van der Waals surface area contributed by atoms with Crippen LogP contribution in [-0.2, 0) is 6.54 Å². The highest BCUT2D eigenvalue weighted by Gasteiger charge is 2.23. The van der Waals surface area contributed by atoms with Crippen LogP contribution >= 0.6 is 0 Å². The molecule has 140 valence electrons. The maximum atomic E-state index is 9.45. The van der Waals surface area contributed by atoms with Crippen molar-refractivity contribution >= 4 is 11.6 Å². The summed E-state index contributed by atoms with van der Waals surface area (Å²) in [6.45, 7) is 5.11. The van der Waals surface area contributed by atoms with Crippen molar-refractivity contribution in [3.05, 3.63) is 24.8 Å². The van der Waals surface area contributed by atoms with Crippen molar-refractivity contribution in [2.45, 2.75) is 32.2 Å². The fourth-order valence-corrected chi connectivity index (χ4v) is 4.04. The van der Waals surface area contributed by atoms with Crippen LogP contribution in [0.15, 0.2) is 24.8 Å². The van der Waals surface area contributed by atoms with Crippen LogP contribution in [0.5, 0.6) is 0 Å². The number of anilines is 2. The molecule has 4 rings (SSSR count). The minimum atomic E-state index is 0.258. The monoisotopic (exact) mass is 357 g/mol. The minimum absolute atomic E-state index is 0.258. The summed E-state index contributed by atoms with van der Waals surface area (Å²) in [5, 5.41) is 17.4. The average molecular weight is 357 g/mol. The lowest BCUT2D eigenvalue weighted by molar-refractivity contribution is 0.208. The molecule has 26 heavy (non-hydrogen) atoms. The van der Waals surface area contributed by atoms with Crippen LogP contribution in [0.3, 0.4) is 0 Å². The van der Waals surface area contributed by atoms with Gasteiger partial charge in [0.05, 0.1) is 6.20 Å². The molecule has 0 saturated carbocycles. The maximum Gasteiger partial charge on any atom is 0.134 e. The van der Waals surface area contributed by atoms with Crippen LogP contribution in [-0.4, -0.2) is 62.9 Å². The Morgan fingerprint density at radius 3 is 2.54 bits per heavy atom. The molecule has 0 radical (unpaired) electrons. The van der Waals surface area contributed by atoms with Gasteiger partial charge in [-0.3, -0.25) is 4.68 Å². The third-order valence-electron chi connectivity index (χ3n) is 5.60. The lowest BCUT2D eigenvalue weighted by Gasteiger charge is -2.35. The zero-order valence-electron chi connectivity index (χ0n) is 15.1. The van der Waals surface area contributed by atoms with E-state index in [-0.39, 0.29) is 6.61 Å². The first-order chi connectivity index (χ1) is 12.8. The van der Waals surface area contributed by atoms with E-state index in [0.29, 0.717) is 11.8 Å². The van der Waals surface area contributed by atoms with Gasteiger partial charge in [0.2, 0.25) is 0 Å². The summed E-state index contributed by atoms with van der Waals surface area (Å²) < 4.78 is 1.93. The van der Waals surface area contributed by atoms with Crippen molar-refractivity contribution < 1.29 is 5.11 Å². The van der Waals surface area contributed by atoms with Gasteiger partial charge in [0.15, 0.2) is 0 Å². The fraction of sp³-hybridized carbons (Fsp3) is 0.667. The quantitative estimate of drug-likeness (QED) is 0.861. The zero-order chi connectivity index (χ0) is 17.8. The lowest BCUT2D eigenvalue weighted by atomic mass is 9.97. The molecular formula is C18H27N7O. The van der Waals surface area contributed by atoms with Gasteiger partial charge in [0.1, 0.15) is 18.0 Å². The number of piperidine rings is 2. The molecule has 1 unspecified atom stereocenters. The number of nitrogens with zero attached hydrogens (tertiary/aromatic N) is 7. The Morgan fingerprint density at radius 2 is 1.81 bits per heavy atom. The summed E-state index contributed by atoms with van der Waals surface area (Å²) in [6.07, 6.45) is 9.82. The second kappa shape index (κ2) is 7.99. The van der Waals surface area contributed by atoms with E-state index in [1.807, 2.05) is 10.9 Å². The second-order valence-corrected chi connectivity index (χ2v) is 7.43. The highest BCUT2D eigenvalue weighted by Crippen LogP contribution is 2.26. The molecule has 2 fully saturated rings. The molecule has 0 aromatic carbocycles. The number of hydrogen-bond donors (Lipinski definition) is 1. The molecule has 2 saturated heterocycles. The van der Waals surface area contributed by atoms with Gasteiger partial charge >= 0.3 is 0 Å². The van der Waals surface area contributed by atoms with Gasteiger partial charge in [-0.1, -0.05) is 5.21 Å². The Hall–Kier alpha value is -2.22. The predicted molar refractivity (Wildman–Crippen MR) is 99.0 cm³/mol. The van der Waals surface area contributed by atoms with Crippen LogP contribution in [0.25, 0.3) is 0 Å². The normalized spacial score (nSPS) is 22.0. The first-order valence-electron chi connectivity index (χ1n) is 9.58. The Morgan fingerprint density at radius 1 is 1.00 bits per heavy atom. The summed E-state index contributed by atoms with van der Waals surface area (Å²) in [5.41, 5.74) is 0. The van der Waals surface area contributed by atoms with Crippen LogP contribution in [0.1, 0.15) is 25.7 Å². The summed E-state index contributed by atoms with van der Waals surface area (Å²) in [6, 6.07) is 2.11. The van der Waals surface area contributed by atoms with Crippen molar-refractivity contribution in [3.63, 3.8) is 0 Å². The van der Waals surface area contributed by atoms with Crippen molar-refractivity contribution in [2.24, 2.45) is 11.8 Å². The number of aliphatic hydroxyl groups is 1. The van der Waals surface area contributed by atoms with Gasteiger partial charge < -0.3 is 14.9 Å². The third-order valence-corrected chi connectivity index (χ3v) is 5.60. The third kappa shape index (κ3) is 3.95. The first-order valence-corrected chi connectivity index (χ1v) is 9.58. The van der Waals surface area contributed by atoms with Crippen molar-refractivity contribution in [1.29, 1.82) is 0 Å². The van der Waals surface area contributed by atoms with Crippen molar-refractivity contribution in [3.8, 4) is 0 Å². The van der Waals surface area contributed by atoms with E-state index in [2.05, 4.69) is 36.1 Å².